The van der Waals surface area contributed by atoms with Crippen LogP contribution in [0.1, 0.15) is 50.3 Å². The van der Waals surface area contributed by atoms with Crippen molar-refractivity contribution in [3.8, 4) is 22.3 Å². The van der Waals surface area contributed by atoms with Crippen LogP contribution in [0.2, 0.25) is 0 Å². The minimum absolute atomic E-state index is 0.119. The molecule has 0 spiro atoms. The van der Waals surface area contributed by atoms with E-state index in [1.807, 2.05) is 0 Å². The lowest BCUT2D eigenvalue weighted by molar-refractivity contribution is 0.667. The third kappa shape index (κ3) is 2.97. The third-order valence-electron chi connectivity index (χ3n) is 10.1. The summed E-state index contributed by atoms with van der Waals surface area (Å²) in [5.74, 6) is 0.410. The van der Waals surface area contributed by atoms with Crippen molar-refractivity contribution < 1.29 is 0 Å². The molecule has 0 heteroatoms. The zero-order valence-electron chi connectivity index (χ0n) is 24.5. The molecule has 0 amide bonds. The lowest BCUT2D eigenvalue weighted by Crippen LogP contribution is -2.15. The highest BCUT2D eigenvalue weighted by Crippen LogP contribution is 2.55. The standard InChI is InChI=1S/C42H32/c1-24(2)35-22-27-17-16-25-10-9-11-26-18-21-34(39(27)37(25)26)38(35)28-19-20-33-36(23-28)42(3,4)41-32-15-8-6-13-30(32)29-12-5-7-14-31(29)40(33)41/h5-24H,1-4H3. The summed E-state index contributed by atoms with van der Waals surface area (Å²) in [4.78, 5) is 0. The quantitative estimate of drug-likeness (QED) is 0.193. The van der Waals surface area contributed by atoms with E-state index in [1.165, 1.54) is 92.8 Å². The highest BCUT2D eigenvalue weighted by Gasteiger charge is 2.38. The Bertz CT molecular complexity index is 2380. The Morgan fingerprint density at radius 2 is 1.14 bits per heavy atom. The molecule has 1 aliphatic rings. The van der Waals surface area contributed by atoms with Crippen molar-refractivity contribution in [2.45, 2.75) is 39.0 Å². The van der Waals surface area contributed by atoms with Crippen LogP contribution in [0.3, 0.4) is 0 Å². The number of hydrogen-bond donors (Lipinski definition) is 0. The summed E-state index contributed by atoms with van der Waals surface area (Å²) in [6.45, 7) is 9.52. The van der Waals surface area contributed by atoms with Gasteiger partial charge in [-0.15, -0.1) is 0 Å². The summed E-state index contributed by atoms with van der Waals surface area (Å²) in [6, 6.07) is 43.7. The highest BCUT2D eigenvalue weighted by atomic mass is 14.4. The Hall–Kier alpha value is -4.68. The monoisotopic (exact) mass is 536 g/mol. The second-order valence-corrected chi connectivity index (χ2v) is 13.1. The Morgan fingerprint density at radius 1 is 0.500 bits per heavy atom. The fourth-order valence-electron chi connectivity index (χ4n) is 8.25. The number of benzene rings is 8. The van der Waals surface area contributed by atoms with E-state index in [2.05, 4.69) is 143 Å². The molecule has 1 aliphatic carbocycles. The topological polar surface area (TPSA) is 0 Å². The maximum absolute atomic E-state index is 2.52. The lowest BCUT2D eigenvalue weighted by atomic mass is 9.78. The van der Waals surface area contributed by atoms with E-state index in [1.54, 1.807) is 0 Å². The minimum Gasteiger partial charge on any atom is -0.0616 e. The van der Waals surface area contributed by atoms with E-state index < -0.39 is 0 Å². The van der Waals surface area contributed by atoms with Gasteiger partial charge in [0.15, 0.2) is 0 Å². The second-order valence-electron chi connectivity index (χ2n) is 13.1. The van der Waals surface area contributed by atoms with Crippen LogP contribution in [0, 0.1) is 0 Å². The highest BCUT2D eigenvalue weighted by molar-refractivity contribution is 6.26. The van der Waals surface area contributed by atoms with Crippen molar-refractivity contribution in [2.75, 3.05) is 0 Å². The molecule has 0 saturated carbocycles. The van der Waals surface area contributed by atoms with Crippen molar-refractivity contribution in [1.29, 1.82) is 0 Å². The molecule has 0 radical (unpaired) electrons. The Balaban J connectivity index is 1.38. The average molecular weight is 537 g/mol. The number of hydrogen-bond acceptors (Lipinski definition) is 0. The molecular weight excluding hydrogens is 504 g/mol. The van der Waals surface area contributed by atoms with Gasteiger partial charge < -0.3 is 0 Å². The van der Waals surface area contributed by atoms with E-state index in [4.69, 9.17) is 0 Å². The zero-order valence-corrected chi connectivity index (χ0v) is 24.5. The Kier molecular flexibility index (Phi) is 4.68. The molecule has 0 saturated heterocycles. The first-order valence-corrected chi connectivity index (χ1v) is 15.2. The predicted molar refractivity (Wildman–Crippen MR) is 182 cm³/mol. The van der Waals surface area contributed by atoms with Gasteiger partial charge >= 0.3 is 0 Å². The van der Waals surface area contributed by atoms with E-state index in [-0.39, 0.29) is 5.41 Å². The zero-order chi connectivity index (χ0) is 28.3. The molecule has 0 unspecified atom stereocenters. The van der Waals surface area contributed by atoms with E-state index in [9.17, 15) is 0 Å². The summed E-state index contributed by atoms with van der Waals surface area (Å²) in [5.41, 5.74) is 9.70. The second kappa shape index (κ2) is 8.20. The van der Waals surface area contributed by atoms with Gasteiger partial charge in [-0.2, -0.15) is 0 Å². The molecular formula is C42H32. The van der Waals surface area contributed by atoms with Gasteiger partial charge in [0.1, 0.15) is 0 Å². The number of rotatable bonds is 2. The molecule has 0 aromatic heterocycles. The van der Waals surface area contributed by atoms with Gasteiger partial charge in [-0.25, -0.2) is 0 Å². The molecule has 0 nitrogen and oxygen atoms in total. The molecule has 0 atom stereocenters. The van der Waals surface area contributed by atoms with Gasteiger partial charge in [0.05, 0.1) is 0 Å². The van der Waals surface area contributed by atoms with Crippen molar-refractivity contribution in [3.05, 3.63) is 132 Å². The van der Waals surface area contributed by atoms with Crippen molar-refractivity contribution in [1.82, 2.24) is 0 Å². The number of fused-ring (bicyclic) bond motifs is 8. The summed E-state index contributed by atoms with van der Waals surface area (Å²) >= 11 is 0. The summed E-state index contributed by atoms with van der Waals surface area (Å²) in [5, 5.41) is 13.5. The molecule has 0 aliphatic heterocycles. The largest absolute Gasteiger partial charge is 0.0616 e. The summed E-state index contributed by atoms with van der Waals surface area (Å²) < 4.78 is 0. The smallest absolute Gasteiger partial charge is 0.0165 e. The lowest BCUT2D eigenvalue weighted by Gasteiger charge is -2.25. The molecule has 42 heavy (non-hydrogen) atoms. The van der Waals surface area contributed by atoms with Crippen LogP contribution in [0.25, 0.3) is 76.1 Å². The van der Waals surface area contributed by atoms with Crippen LogP contribution in [0.5, 0.6) is 0 Å². The SMILES string of the molecule is CC(C)c1cc2ccc3cccc4ccc(c1-c1ccc5c(c1)C(C)(C)c1c-5c5ccccc5c5ccccc15)c2c34. The van der Waals surface area contributed by atoms with E-state index >= 15 is 0 Å². The predicted octanol–water partition coefficient (Wildman–Crippen LogP) is 12.0. The van der Waals surface area contributed by atoms with Crippen LogP contribution in [-0.4, -0.2) is 0 Å². The normalized spacial score (nSPS) is 14.1. The Labute approximate surface area is 246 Å². The van der Waals surface area contributed by atoms with Crippen molar-refractivity contribution >= 4 is 53.9 Å². The van der Waals surface area contributed by atoms with Crippen molar-refractivity contribution in [2.24, 2.45) is 0 Å². The molecule has 8 aromatic carbocycles. The summed E-state index contributed by atoms with van der Waals surface area (Å²) in [7, 11) is 0. The van der Waals surface area contributed by atoms with Crippen LogP contribution in [0.15, 0.2) is 115 Å². The first-order chi connectivity index (χ1) is 20.4. The maximum atomic E-state index is 2.52. The first kappa shape index (κ1) is 24.0. The minimum atomic E-state index is -0.119. The summed E-state index contributed by atoms with van der Waals surface area (Å²) in [6.07, 6.45) is 0. The van der Waals surface area contributed by atoms with Crippen LogP contribution in [-0.2, 0) is 5.41 Å². The average Bonchev–Trinajstić information content (AvgIpc) is 3.26. The van der Waals surface area contributed by atoms with Crippen LogP contribution < -0.4 is 0 Å². The first-order valence-electron chi connectivity index (χ1n) is 15.2. The molecule has 200 valence electrons. The van der Waals surface area contributed by atoms with Crippen molar-refractivity contribution in [3.63, 3.8) is 0 Å². The van der Waals surface area contributed by atoms with Gasteiger partial charge in [0, 0.05) is 5.41 Å². The van der Waals surface area contributed by atoms with Crippen LogP contribution in [0.4, 0.5) is 0 Å². The molecule has 0 bridgehead atoms. The fraction of sp³-hybridized carbons (Fsp3) is 0.143. The molecule has 0 heterocycles. The van der Waals surface area contributed by atoms with Gasteiger partial charge in [0.2, 0.25) is 0 Å². The van der Waals surface area contributed by atoms with Gasteiger partial charge in [-0.1, -0.05) is 137 Å². The Morgan fingerprint density at radius 3 is 1.88 bits per heavy atom. The molecule has 9 rings (SSSR count). The van der Waals surface area contributed by atoms with Gasteiger partial charge in [-0.3, -0.25) is 0 Å². The molecule has 0 fully saturated rings. The van der Waals surface area contributed by atoms with E-state index in [0.29, 0.717) is 5.92 Å². The molecule has 8 aromatic rings. The van der Waals surface area contributed by atoms with Gasteiger partial charge in [-0.05, 0) is 105 Å². The van der Waals surface area contributed by atoms with Crippen LogP contribution >= 0.6 is 0 Å². The molecule has 0 N–H and O–H groups in total. The van der Waals surface area contributed by atoms with E-state index in [0.717, 1.165) is 0 Å². The maximum Gasteiger partial charge on any atom is 0.0165 e. The fourth-order valence-corrected chi connectivity index (χ4v) is 8.25. The van der Waals surface area contributed by atoms with Gasteiger partial charge in [0.25, 0.3) is 0 Å². The third-order valence-corrected chi connectivity index (χ3v) is 10.1.